The van der Waals surface area contributed by atoms with Crippen molar-refractivity contribution in [3.63, 3.8) is 0 Å². The van der Waals surface area contributed by atoms with Gasteiger partial charge in [-0.2, -0.15) is 0 Å². The van der Waals surface area contributed by atoms with Crippen LogP contribution in [0.1, 0.15) is 12.7 Å². The zero-order chi connectivity index (χ0) is 17.1. The van der Waals surface area contributed by atoms with Gasteiger partial charge in [-0.1, -0.05) is 0 Å². The van der Waals surface area contributed by atoms with E-state index in [1.165, 1.54) is 26.4 Å². The van der Waals surface area contributed by atoms with Crippen LogP contribution in [0.25, 0.3) is 0 Å². The number of methoxy groups -OCH3 is 1. The smallest absolute Gasteiger partial charge is 0.244 e. The van der Waals surface area contributed by atoms with Gasteiger partial charge in [0, 0.05) is 13.0 Å². The van der Waals surface area contributed by atoms with Gasteiger partial charge < -0.3 is 14.3 Å². The van der Waals surface area contributed by atoms with Gasteiger partial charge >= 0.3 is 0 Å². The topological polar surface area (TPSA) is 88.8 Å². The van der Waals surface area contributed by atoms with Gasteiger partial charge in [-0.3, -0.25) is 0 Å². The molecule has 1 atom stereocenters. The summed E-state index contributed by atoms with van der Waals surface area (Å²) in [6.45, 7) is 1.20. The molecule has 8 heteroatoms. The van der Waals surface area contributed by atoms with Gasteiger partial charge in [0.15, 0.2) is 0 Å². The number of aliphatic hydroxyl groups is 1. The van der Waals surface area contributed by atoms with Crippen LogP contribution in [0.5, 0.6) is 5.75 Å². The lowest BCUT2D eigenvalue weighted by molar-refractivity contribution is 0.0603. The summed E-state index contributed by atoms with van der Waals surface area (Å²) >= 11 is 0. The van der Waals surface area contributed by atoms with Gasteiger partial charge in [0.05, 0.1) is 19.0 Å². The van der Waals surface area contributed by atoms with Crippen LogP contribution in [0.3, 0.4) is 0 Å². The van der Waals surface area contributed by atoms with Crippen LogP contribution in [-0.2, 0) is 16.4 Å². The minimum Gasteiger partial charge on any atom is -0.495 e. The molecule has 0 saturated carbocycles. The highest BCUT2D eigenvalue weighted by molar-refractivity contribution is 7.89. The number of halogens is 1. The van der Waals surface area contributed by atoms with Gasteiger partial charge in [0.2, 0.25) is 10.0 Å². The summed E-state index contributed by atoms with van der Waals surface area (Å²) in [5.74, 6) is -0.157. The minimum absolute atomic E-state index is 0.0181. The van der Waals surface area contributed by atoms with Crippen LogP contribution < -0.4 is 9.46 Å². The first-order chi connectivity index (χ1) is 10.7. The third kappa shape index (κ3) is 4.54. The summed E-state index contributed by atoms with van der Waals surface area (Å²) in [5, 5.41) is 10.3. The number of furan rings is 1. The Morgan fingerprint density at radius 3 is 2.74 bits per heavy atom. The summed E-state index contributed by atoms with van der Waals surface area (Å²) < 4.78 is 50.3. The second-order valence-electron chi connectivity index (χ2n) is 5.37. The van der Waals surface area contributed by atoms with Crippen molar-refractivity contribution < 1.29 is 27.1 Å². The molecule has 0 saturated heterocycles. The summed E-state index contributed by atoms with van der Waals surface area (Å²) in [7, 11) is -2.75. The Bertz CT molecular complexity index is 756. The SMILES string of the molecule is COc1ccc(F)cc1S(=O)(=O)NC[C@@](C)(O)Cc1ccco1. The molecule has 23 heavy (non-hydrogen) atoms. The number of nitrogens with one attached hydrogen (secondary N) is 1. The van der Waals surface area contributed by atoms with Crippen molar-refractivity contribution in [3.8, 4) is 5.75 Å². The van der Waals surface area contributed by atoms with E-state index in [1.54, 1.807) is 12.1 Å². The maximum absolute atomic E-state index is 13.3. The summed E-state index contributed by atoms with van der Waals surface area (Å²) in [5.41, 5.74) is -1.37. The van der Waals surface area contributed by atoms with E-state index in [-0.39, 0.29) is 23.6 Å². The lowest BCUT2D eigenvalue weighted by Crippen LogP contribution is -2.42. The van der Waals surface area contributed by atoms with Crippen LogP contribution in [0, 0.1) is 5.82 Å². The molecule has 1 heterocycles. The number of sulfonamides is 1. The van der Waals surface area contributed by atoms with Gasteiger partial charge in [-0.05, 0) is 37.3 Å². The lowest BCUT2D eigenvalue weighted by atomic mass is 10.0. The van der Waals surface area contributed by atoms with Crippen LogP contribution in [0.15, 0.2) is 45.9 Å². The average Bonchev–Trinajstić information content (AvgIpc) is 2.97. The molecule has 0 aliphatic rings. The van der Waals surface area contributed by atoms with Gasteiger partial charge in [0.1, 0.15) is 22.2 Å². The Kier molecular flexibility index (Phi) is 5.08. The zero-order valence-electron chi connectivity index (χ0n) is 12.7. The van der Waals surface area contributed by atoms with Crippen molar-refractivity contribution in [1.82, 2.24) is 4.72 Å². The molecule has 1 aromatic carbocycles. The average molecular weight is 343 g/mol. The van der Waals surface area contributed by atoms with Crippen molar-refractivity contribution in [1.29, 1.82) is 0 Å². The van der Waals surface area contributed by atoms with Crippen LogP contribution >= 0.6 is 0 Å². The molecule has 0 unspecified atom stereocenters. The van der Waals surface area contributed by atoms with E-state index in [1.807, 2.05) is 0 Å². The first-order valence-corrected chi connectivity index (χ1v) is 8.30. The van der Waals surface area contributed by atoms with Crippen LogP contribution in [0.4, 0.5) is 4.39 Å². The largest absolute Gasteiger partial charge is 0.495 e. The van der Waals surface area contributed by atoms with Crippen molar-refractivity contribution >= 4 is 10.0 Å². The molecule has 126 valence electrons. The van der Waals surface area contributed by atoms with Gasteiger partial charge in [-0.15, -0.1) is 0 Å². The lowest BCUT2D eigenvalue weighted by Gasteiger charge is -2.22. The number of rotatable bonds is 7. The predicted octanol–water partition coefficient (Wildman–Crippen LogP) is 1.70. The van der Waals surface area contributed by atoms with E-state index in [4.69, 9.17) is 9.15 Å². The minimum atomic E-state index is -4.04. The summed E-state index contributed by atoms with van der Waals surface area (Å²) in [6.07, 6.45) is 1.59. The third-order valence-corrected chi connectivity index (χ3v) is 4.62. The van der Waals surface area contributed by atoms with E-state index in [2.05, 4.69) is 4.72 Å². The van der Waals surface area contributed by atoms with E-state index >= 15 is 0 Å². The van der Waals surface area contributed by atoms with Crippen molar-refractivity contribution in [3.05, 3.63) is 48.2 Å². The standard InChI is InChI=1S/C15H18FNO5S/c1-15(18,9-12-4-3-7-22-12)10-17-23(19,20)14-8-11(16)5-6-13(14)21-2/h3-8,17-18H,9-10H2,1-2H3/t15-/m0/s1. The van der Waals surface area contributed by atoms with E-state index in [0.717, 1.165) is 12.1 Å². The highest BCUT2D eigenvalue weighted by Crippen LogP contribution is 2.24. The molecule has 2 aromatic rings. The Labute approximate surface area is 133 Å². The fraction of sp³-hybridized carbons (Fsp3) is 0.333. The van der Waals surface area contributed by atoms with Crippen molar-refractivity contribution in [2.24, 2.45) is 0 Å². The number of benzene rings is 1. The molecule has 0 amide bonds. The van der Waals surface area contributed by atoms with Crippen LogP contribution in [-0.4, -0.2) is 32.8 Å². The first kappa shape index (κ1) is 17.5. The monoisotopic (exact) mass is 343 g/mol. The Morgan fingerprint density at radius 2 is 2.13 bits per heavy atom. The molecule has 0 spiro atoms. The molecular formula is C15H18FNO5S. The van der Waals surface area contributed by atoms with Crippen molar-refractivity contribution in [2.75, 3.05) is 13.7 Å². The number of hydrogen-bond acceptors (Lipinski definition) is 5. The second kappa shape index (κ2) is 6.69. The number of ether oxygens (including phenoxy) is 1. The molecule has 2 N–H and O–H groups in total. The van der Waals surface area contributed by atoms with Crippen molar-refractivity contribution in [2.45, 2.75) is 23.8 Å². The highest BCUT2D eigenvalue weighted by atomic mass is 32.2. The molecule has 6 nitrogen and oxygen atoms in total. The second-order valence-corrected chi connectivity index (χ2v) is 7.11. The Balaban J connectivity index is 2.14. The molecule has 2 rings (SSSR count). The molecule has 0 bridgehead atoms. The van der Waals surface area contributed by atoms with E-state index in [9.17, 15) is 17.9 Å². The fourth-order valence-electron chi connectivity index (χ4n) is 2.04. The molecule has 0 aliphatic heterocycles. The van der Waals surface area contributed by atoms with E-state index in [0.29, 0.717) is 5.76 Å². The highest BCUT2D eigenvalue weighted by Gasteiger charge is 2.27. The molecule has 1 aromatic heterocycles. The van der Waals surface area contributed by atoms with Gasteiger partial charge in [-0.25, -0.2) is 17.5 Å². The third-order valence-electron chi connectivity index (χ3n) is 3.19. The maximum atomic E-state index is 13.3. The molecular weight excluding hydrogens is 325 g/mol. The Morgan fingerprint density at radius 1 is 1.39 bits per heavy atom. The molecule has 0 fully saturated rings. The molecule has 0 aliphatic carbocycles. The fourth-order valence-corrected chi connectivity index (χ4v) is 3.38. The summed E-state index contributed by atoms with van der Waals surface area (Å²) in [4.78, 5) is -0.325. The Hall–Kier alpha value is -1.90. The molecule has 0 radical (unpaired) electrons. The van der Waals surface area contributed by atoms with E-state index < -0.39 is 21.4 Å². The maximum Gasteiger partial charge on any atom is 0.244 e. The zero-order valence-corrected chi connectivity index (χ0v) is 13.6. The summed E-state index contributed by atoms with van der Waals surface area (Å²) in [6, 6.07) is 6.55. The predicted molar refractivity (Wildman–Crippen MR) is 81.2 cm³/mol. The normalized spacial score (nSPS) is 14.4. The van der Waals surface area contributed by atoms with Gasteiger partial charge in [0.25, 0.3) is 0 Å². The number of hydrogen-bond donors (Lipinski definition) is 2. The quantitative estimate of drug-likeness (QED) is 0.799. The van der Waals surface area contributed by atoms with Crippen LogP contribution in [0.2, 0.25) is 0 Å². The first-order valence-electron chi connectivity index (χ1n) is 6.81.